The van der Waals surface area contributed by atoms with Crippen LogP contribution in [0.5, 0.6) is 0 Å². The highest BCUT2D eigenvalue weighted by molar-refractivity contribution is 6.28. The first-order chi connectivity index (χ1) is 7.25. The lowest BCUT2D eigenvalue weighted by Gasteiger charge is -2.19. The maximum Gasteiger partial charge on any atom is 0.231 e. The summed E-state index contributed by atoms with van der Waals surface area (Å²) in [5, 5.41) is 0.127. The van der Waals surface area contributed by atoms with E-state index in [2.05, 4.69) is 15.0 Å². The highest BCUT2D eigenvalue weighted by Gasteiger charge is 2.14. The Kier molecular flexibility index (Phi) is 3.17. The molecular formula is C8H12ClN5O. The number of hydrogen-bond acceptors (Lipinski definition) is 6. The Morgan fingerprint density at radius 2 is 2.07 bits per heavy atom. The summed E-state index contributed by atoms with van der Waals surface area (Å²) < 4.78 is 5.33. The van der Waals surface area contributed by atoms with Gasteiger partial charge in [-0.2, -0.15) is 15.0 Å². The average Bonchev–Trinajstić information content (AvgIpc) is 2.43. The summed E-state index contributed by atoms with van der Waals surface area (Å²) in [6, 6.07) is 0. The fourth-order valence-corrected chi connectivity index (χ4v) is 1.60. The molecule has 82 valence electrons. The van der Waals surface area contributed by atoms with E-state index in [0.717, 1.165) is 26.1 Å². The molecule has 1 saturated heterocycles. The molecule has 0 amide bonds. The molecule has 7 heteroatoms. The molecule has 2 N–H and O–H groups in total. The average molecular weight is 230 g/mol. The first-order valence-corrected chi connectivity index (χ1v) is 5.13. The van der Waals surface area contributed by atoms with Gasteiger partial charge in [-0.05, 0) is 18.0 Å². The van der Waals surface area contributed by atoms with Gasteiger partial charge in [-0.15, -0.1) is 0 Å². The van der Waals surface area contributed by atoms with Crippen molar-refractivity contribution in [3.8, 4) is 0 Å². The van der Waals surface area contributed by atoms with Crippen molar-refractivity contribution in [1.82, 2.24) is 15.0 Å². The number of ether oxygens (including phenoxy) is 1. The summed E-state index contributed by atoms with van der Waals surface area (Å²) in [7, 11) is 0. The first-order valence-electron chi connectivity index (χ1n) is 4.75. The van der Waals surface area contributed by atoms with Crippen LogP contribution in [-0.2, 0) is 4.74 Å². The number of hydrogen-bond donors (Lipinski definition) is 1. The predicted molar refractivity (Wildman–Crippen MR) is 56.9 cm³/mol. The lowest BCUT2D eigenvalue weighted by atomic mass is 10.4. The topological polar surface area (TPSA) is 77.2 Å². The third kappa shape index (κ3) is 2.66. The van der Waals surface area contributed by atoms with E-state index in [1.807, 2.05) is 4.90 Å². The lowest BCUT2D eigenvalue weighted by Crippen LogP contribution is -2.28. The molecule has 0 radical (unpaired) electrons. The third-order valence-corrected chi connectivity index (χ3v) is 2.29. The van der Waals surface area contributed by atoms with Gasteiger partial charge in [-0.25, -0.2) is 0 Å². The summed E-state index contributed by atoms with van der Waals surface area (Å²) in [4.78, 5) is 13.8. The van der Waals surface area contributed by atoms with Crippen LogP contribution in [0.15, 0.2) is 0 Å². The number of nitrogen functional groups attached to an aromatic ring is 1. The predicted octanol–water partition coefficient (Wildman–Crippen LogP) is 0.334. The van der Waals surface area contributed by atoms with Crippen molar-refractivity contribution in [2.75, 3.05) is 36.9 Å². The van der Waals surface area contributed by atoms with Crippen LogP contribution in [0, 0.1) is 0 Å². The molecule has 1 aliphatic rings. The molecule has 2 rings (SSSR count). The maximum atomic E-state index is 5.71. The van der Waals surface area contributed by atoms with Crippen LogP contribution >= 0.6 is 11.6 Å². The molecule has 0 unspecified atom stereocenters. The van der Waals surface area contributed by atoms with Crippen LogP contribution in [0.2, 0.25) is 5.28 Å². The number of nitrogens with two attached hydrogens (primary N) is 1. The van der Waals surface area contributed by atoms with Gasteiger partial charge in [0.1, 0.15) is 0 Å². The van der Waals surface area contributed by atoms with E-state index < -0.39 is 0 Å². The molecule has 6 nitrogen and oxygen atoms in total. The molecule has 15 heavy (non-hydrogen) atoms. The minimum Gasteiger partial charge on any atom is -0.380 e. The minimum absolute atomic E-state index is 0.127. The normalized spacial score (nSPS) is 17.5. The van der Waals surface area contributed by atoms with Crippen molar-refractivity contribution in [3.05, 3.63) is 5.28 Å². The molecule has 2 heterocycles. The maximum absolute atomic E-state index is 5.71. The zero-order valence-corrected chi connectivity index (χ0v) is 8.94. The molecule has 0 aliphatic carbocycles. The fourth-order valence-electron chi connectivity index (χ4n) is 1.44. The monoisotopic (exact) mass is 229 g/mol. The zero-order chi connectivity index (χ0) is 10.7. The van der Waals surface area contributed by atoms with Crippen molar-refractivity contribution >= 4 is 23.5 Å². The summed E-state index contributed by atoms with van der Waals surface area (Å²) in [5.74, 6) is 0.674. The number of nitrogens with zero attached hydrogens (tertiary/aromatic N) is 4. The van der Waals surface area contributed by atoms with E-state index in [4.69, 9.17) is 22.1 Å². The van der Waals surface area contributed by atoms with Crippen LogP contribution in [0.3, 0.4) is 0 Å². The molecular weight excluding hydrogens is 218 g/mol. The van der Waals surface area contributed by atoms with Crippen molar-refractivity contribution in [3.63, 3.8) is 0 Å². The molecule has 1 aromatic heterocycles. The van der Waals surface area contributed by atoms with Gasteiger partial charge in [-0.3, -0.25) is 0 Å². The van der Waals surface area contributed by atoms with Crippen LogP contribution in [0.1, 0.15) is 6.42 Å². The van der Waals surface area contributed by atoms with Gasteiger partial charge in [0.15, 0.2) is 0 Å². The first kappa shape index (κ1) is 10.4. The van der Waals surface area contributed by atoms with E-state index in [1.54, 1.807) is 0 Å². The second kappa shape index (κ2) is 4.59. The fraction of sp³-hybridized carbons (Fsp3) is 0.625. The lowest BCUT2D eigenvalue weighted by molar-refractivity contribution is 0.152. The molecule has 1 fully saturated rings. The summed E-state index contributed by atoms with van der Waals surface area (Å²) in [5.41, 5.74) is 5.50. The molecule has 0 spiro atoms. The SMILES string of the molecule is Nc1nc(Cl)nc(N2CCCOCC2)n1. The summed E-state index contributed by atoms with van der Waals surface area (Å²) >= 11 is 5.71. The minimum atomic E-state index is 0.127. The molecule has 0 saturated carbocycles. The Bertz CT molecular complexity index is 320. The molecule has 0 bridgehead atoms. The van der Waals surface area contributed by atoms with Gasteiger partial charge < -0.3 is 15.4 Å². The highest BCUT2D eigenvalue weighted by atomic mass is 35.5. The summed E-state index contributed by atoms with van der Waals surface area (Å²) in [6.07, 6.45) is 0.948. The number of anilines is 2. The Hall–Kier alpha value is -1.14. The third-order valence-electron chi connectivity index (χ3n) is 2.12. The van der Waals surface area contributed by atoms with E-state index >= 15 is 0 Å². The van der Waals surface area contributed by atoms with Crippen LogP contribution in [0.25, 0.3) is 0 Å². The van der Waals surface area contributed by atoms with Crippen LogP contribution < -0.4 is 10.6 Å². The number of halogens is 1. The largest absolute Gasteiger partial charge is 0.380 e. The Balaban J connectivity index is 2.19. The molecule has 0 aromatic carbocycles. The van der Waals surface area contributed by atoms with Crippen molar-refractivity contribution in [1.29, 1.82) is 0 Å². The molecule has 0 atom stereocenters. The Labute approximate surface area is 92.4 Å². The van der Waals surface area contributed by atoms with Gasteiger partial charge in [-0.1, -0.05) is 0 Å². The van der Waals surface area contributed by atoms with Crippen LogP contribution in [0.4, 0.5) is 11.9 Å². The van der Waals surface area contributed by atoms with Gasteiger partial charge in [0.05, 0.1) is 6.61 Å². The quantitative estimate of drug-likeness (QED) is 0.748. The zero-order valence-electron chi connectivity index (χ0n) is 8.19. The number of aromatic nitrogens is 3. The van der Waals surface area contributed by atoms with Crippen molar-refractivity contribution in [2.24, 2.45) is 0 Å². The Morgan fingerprint density at radius 1 is 1.20 bits per heavy atom. The Morgan fingerprint density at radius 3 is 2.87 bits per heavy atom. The van der Waals surface area contributed by atoms with Crippen LogP contribution in [-0.4, -0.2) is 41.3 Å². The second-order valence-electron chi connectivity index (χ2n) is 3.22. The smallest absolute Gasteiger partial charge is 0.231 e. The van der Waals surface area contributed by atoms with E-state index in [0.29, 0.717) is 12.6 Å². The molecule has 1 aromatic rings. The van der Waals surface area contributed by atoms with Crippen molar-refractivity contribution in [2.45, 2.75) is 6.42 Å². The van der Waals surface area contributed by atoms with Gasteiger partial charge in [0, 0.05) is 19.7 Å². The molecule has 1 aliphatic heterocycles. The van der Waals surface area contributed by atoms with Gasteiger partial charge >= 0.3 is 0 Å². The second-order valence-corrected chi connectivity index (χ2v) is 3.55. The van der Waals surface area contributed by atoms with Gasteiger partial charge in [0.2, 0.25) is 17.2 Å². The van der Waals surface area contributed by atoms with Gasteiger partial charge in [0.25, 0.3) is 0 Å². The number of rotatable bonds is 1. The standard InChI is InChI=1S/C8H12ClN5O/c9-6-11-7(10)13-8(12-6)14-2-1-4-15-5-3-14/h1-5H2,(H2,10,11,12,13). The van der Waals surface area contributed by atoms with Crippen molar-refractivity contribution < 1.29 is 4.74 Å². The highest BCUT2D eigenvalue weighted by Crippen LogP contribution is 2.13. The van der Waals surface area contributed by atoms with E-state index in [9.17, 15) is 0 Å². The van der Waals surface area contributed by atoms with E-state index in [1.165, 1.54) is 0 Å². The van der Waals surface area contributed by atoms with E-state index in [-0.39, 0.29) is 11.2 Å². The summed E-state index contributed by atoms with van der Waals surface area (Å²) in [6.45, 7) is 3.04.